The summed E-state index contributed by atoms with van der Waals surface area (Å²) in [5.41, 5.74) is 0. The van der Waals surface area contributed by atoms with Gasteiger partial charge in [-0.3, -0.25) is 4.99 Å². The Hall–Kier alpha value is -1.13. The van der Waals surface area contributed by atoms with Crippen LogP contribution in [0.2, 0.25) is 4.34 Å². The van der Waals surface area contributed by atoms with Crippen molar-refractivity contribution in [3.05, 3.63) is 38.9 Å². The molecule has 0 aromatic carbocycles. The number of thiophene rings is 2. The van der Waals surface area contributed by atoms with Crippen molar-refractivity contribution in [2.75, 3.05) is 33.7 Å². The summed E-state index contributed by atoms with van der Waals surface area (Å²) in [7, 11) is 0.157. The first-order valence-electron chi connectivity index (χ1n) is 7.61. The van der Waals surface area contributed by atoms with Gasteiger partial charge in [0.25, 0.3) is 0 Å². The maximum atomic E-state index is 12.1. The van der Waals surface area contributed by atoms with Gasteiger partial charge in [0, 0.05) is 38.6 Å². The van der Waals surface area contributed by atoms with E-state index in [0.717, 1.165) is 30.3 Å². The number of halogens is 1. The average Bonchev–Trinajstić information content (AvgIpc) is 3.24. The van der Waals surface area contributed by atoms with Gasteiger partial charge < -0.3 is 10.2 Å². The fourth-order valence-electron chi connectivity index (χ4n) is 2.10. The molecule has 0 saturated heterocycles. The first-order chi connectivity index (χ1) is 11.9. The number of sulfonamides is 1. The van der Waals surface area contributed by atoms with Crippen molar-refractivity contribution < 1.29 is 8.42 Å². The number of hydrogen-bond donors (Lipinski definition) is 2. The summed E-state index contributed by atoms with van der Waals surface area (Å²) in [6, 6.07) is 7.23. The molecule has 0 aliphatic carbocycles. The van der Waals surface area contributed by atoms with Gasteiger partial charge in [-0.1, -0.05) is 17.7 Å². The van der Waals surface area contributed by atoms with Gasteiger partial charge >= 0.3 is 0 Å². The van der Waals surface area contributed by atoms with Gasteiger partial charge in [0.05, 0.1) is 4.34 Å². The number of likely N-dealkylation sites (N-methyl/N-ethyl adjacent to an activating group) is 1. The van der Waals surface area contributed by atoms with Gasteiger partial charge in [-0.05, 0) is 30.0 Å². The Bertz CT molecular complexity index is 788. The van der Waals surface area contributed by atoms with Crippen LogP contribution in [0.15, 0.2) is 38.8 Å². The molecular weight excluding hydrogens is 400 g/mol. The maximum Gasteiger partial charge on any atom is 0.250 e. The zero-order valence-electron chi connectivity index (χ0n) is 14.0. The Balaban J connectivity index is 1.75. The maximum absolute atomic E-state index is 12.1. The minimum absolute atomic E-state index is 0.218. The smallest absolute Gasteiger partial charge is 0.250 e. The molecule has 0 saturated carbocycles. The lowest BCUT2D eigenvalue weighted by molar-refractivity contribution is 0.486. The topological polar surface area (TPSA) is 73.8 Å². The summed E-state index contributed by atoms with van der Waals surface area (Å²) >= 11 is 8.56. The van der Waals surface area contributed by atoms with Crippen LogP contribution in [0.1, 0.15) is 4.88 Å². The third kappa shape index (κ3) is 6.27. The van der Waals surface area contributed by atoms with Gasteiger partial charge in [0.2, 0.25) is 10.0 Å². The normalized spacial score (nSPS) is 12.4. The molecular formula is C15H21ClN4O2S3. The van der Waals surface area contributed by atoms with Crippen LogP contribution in [0.25, 0.3) is 0 Å². The summed E-state index contributed by atoms with van der Waals surface area (Å²) in [4.78, 5) is 7.57. The highest BCUT2D eigenvalue weighted by Gasteiger charge is 2.16. The zero-order valence-corrected chi connectivity index (χ0v) is 17.2. The standard InChI is InChI=1S/C15H21ClN4O2S3/c1-17-15(20(2)10-7-12-4-3-11-23-12)18-8-9-19-25(21,22)14-6-5-13(16)24-14/h3-6,11,19H,7-10H2,1-2H3,(H,17,18). The zero-order chi connectivity index (χ0) is 18.3. The van der Waals surface area contributed by atoms with Crippen LogP contribution in [0.4, 0.5) is 0 Å². The molecule has 0 aliphatic rings. The minimum Gasteiger partial charge on any atom is -0.355 e. The van der Waals surface area contributed by atoms with E-state index in [2.05, 4.69) is 26.5 Å². The predicted octanol–water partition coefficient (Wildman–Crippen LogP) is 2.49. The van der Waals surface area contributed by atoms with Crippen LogP contribution in [-0.4, -0.2) is 53.0 Å². The number of aliphatic imine (C=N–C) groups is 1. The molecule has 6 nitrogen and oxygen atoms in total. The first kappa shape index (κ1) is 20.2. The summed E-state index contributed by atoms with van der Waals surface area (Å²) in [6.07, 6.45) is 0.945. The lowest BCUT2D eigenvalue weighted by atomic mass is 10.3. The van der Waals surface area contributed by atoms with Crippen molar-refractivity contribution >= 4 is 50.3 Å². The van der Waals surface area contributed by atoms with Gasteiger partial charge in [-0.2, -0.15) is 0 Å². The highest BCUT2D eigenvalue weighted by Crippen LogP contribution is 2.25. The molecule has 0 unspecified atom stereocenters. The molecule has 0 radical (unpaired) electrons. The third-order valence-corrected chi connectivity index (χ3v) is 7.48. The van der Waals surface area contributed by atoms with Crippen LogP contribution >= 0.6 is 34.3 Å². The number of nitrogens with one attached hydrogen (secondary N) is 2. The molecule has 2 N–H and O–H groups in total. The lowest BCUT2D eigenvalue weighted by Gasteiger charge is -2.21. The summed E-state index contributed by atoms with van der Waals surface area (Å²) in [5, 5.41) is 5.22. The summed E-state index contributed by atoms with van der Waals surface area (Å²) in [5.74, 6) is 0.731. The van der Waals surface area contributed by atoms with E-state index in [9.17, 15) is 8.42 Å². The van der Waals surface area contributed by atoms with Gasteiger partial charge in [-0.25, -0.2) is 13.1 Å². The van der Waals surface area contributed by atoms with Crippen molar-refractivity contribution in [1.29, 1.82) is 0 Å². The molecule has 0 aliphatic heterocycles. The second-order valence-corrected chi connectivity index (χ2v) is 9.92. The fourth-order valence-corrected chi connectivity index (χ4v) is 5.35. The number of rotatable bonds is 8. The van der Waals surface area contributed by atoms with Crippen molar-refractivity contribution in [3.63, 3.8) is 0 Å². The van der Waals surface area contributed by atoms with Gasteiger partial charge in [0.15, 0.2) is 5.96 Å². The second kappa shape index (κ2) is 9.54. The minimum atomic E-state index is -3.51. The monoisotopic (exact) mass is 420 g/mol. The van der Waals surface area contributed by atoms with E-state index in [1.54, 1.807) is 24.5 Å². The van der Waals surface area contributed by atoms with Crippen molar-refractivity contribution in [3.8, 4) is 0 Å². The van der Waals surface area contributed by atoms with Gasteiger partial charge in [0.1, 0.15) is 4.21 Å². The van der Waals surface area contributed by atoms with Crippen LogP contribution < -0.4 is 10.0 Å². The van der Waals surface area contributed by atoms with Crippen LogP contribution in [0.3, 0.4) is 0 Å². The largest absolute Gasteiger partial charge is 0.355 e. The highest BCUT2D eigenvalue weighted by atomic mass is 35.5. The molecule has 0 spiro atoms. The molecule has 2 aromatic rings. The average molecular weight is 421 g/mol. The van der Waals surface area contributed by atoms with E-state index in [4.69, 9.17) is 11.6 Å². The molecule has 2 aromatic heterocycles. The molecule has 0 fully saturated rings. The first-order valence-corrected chi connectivity index (χ1v) is 11.2. The lowest BCUT2D eigenvalue weighted by Crippen LogP contribution is -2.43. The van der Waals surface area contributed by atoms with Crippen molar-refractivity contribution in [2.24, 2.45) is 4.99 Å². The summed E-state index contributed by atoms with van der Waals surface area (Å²) in [6.45, 7) is 1.53. The van der Waals surface area contributed by atoms with E-state index < -0.39 is 10.0 Å². The Morgan fingerprint density at radius 2 is 2.12 bits per heavy atom. The quantitative estimate of drug-likeness (QED) is 0.391. The number of nitrogens with zero attached hydrogens (tertiary/aromatic N) is 2. The van der Waals surface area contributed by atoms with Crippen molar-refractivity contribution in [1.82, 2.24) is 14.9 Å². The highest BCUT2D eigenvalue weighted by molar-refractivity contribution is 7.91. The predicted molar refractivity (Wildman–Crippen MR) is 107 cm³/mol. The van der Waals surface area contributed by atoms with E-state index >= 15 is 0 Å². The molecule has 10 heteroatoms. The van der Waals surface area contributed by atoms with E-state index in [-0.39, 0.29) is 10.8 Å². The van der Waals surface area contributed by atoms with E-state index in [0.29, 0.717) is 10.9 Å². The van der Waals surface area contributed by atoms with E-state index in [1.165, 1.54) is 10.9 Å². The van der Waals surface area contributed by atoms with Crippen LogP contribution in [0, 0.1) is 0 Å². The molecule has 0 bridgehead atoms. The molecule has 0 atom stereocenters. The number of hydrogen-bond acceptors (Lipinski definition) is 5. The molecule has 0 amide bonds. The summed E-state index contributed by atoms with van der Waals surface area (Å²) < 4.78 is 27.4. The second-order valence-electron chi connectivity index (χ2n) is 5.18. The molecule has 2 heterocycles. The van der Waals surface area contributed by atoms with Gasteiger partial charge in [-0.15, -0.1) is 22.7 Å². The van der Waals surface area contributed by atoms with E-state index in [1.807, 2.05) is 18.0 Å². The van der Waals surface area contributed by atoms with Crippen molar-refractivity contribution in [2.45, 2.75) is 10.6 Å². The Labute approximate surface area is 161 Å². The molecule has 25 heavy (non-hydrogen) atoms. The molecule has 2 rings (SSSR count). The molecule has 138 valence electrons. The third-order valence-electron chi connectivity index (χ3n) is 3.36. The fraction of sp³-hybridized carbons (Fsp3) is 0.400. The number of guanidine groups is 1. The van der Waals surface area contributed by atoms with Crippen LogP contribution in [0.5, 0.6) is 0 Å². The Morgan fingerprint density at radius 1 is 1.32 bits per heavy atom. The SMILES string of the molecule is CN=C(NCCNS(=O)(=O)c1ccc(Cl)s1)N(C)CCc1cccs1. The Kier molecular flexibility index (Phi) is 7.70. The van der Waals surface area contributed by atoms with Crippen LogP contribution in [-0.2, 0) is 16.4 Å². The Morgan fingerprint density at radius 3 is 2.72 bits per heavy atom.